The van der Waals surface area contributed by atoms with E-state index >= 15 is 0 Å². The first-order valence-electron chi connectivity index (χ1n) is 8.42. The standard InChI is InChI=1S/C16H25ClN4O/c17-14-12-19-21(13-14)11-8-18-15(22)16(6-2-1-3-7-16)20-9-4-5-10-20/h12-13H,1-11H2,(H,18,22). The van der Waals surface area contributed by atoms with Crippen molar-refractivity contribution < 1.29 is 4.79 Å². The van der Waals surface area contributed by atoms with E-state index in [0.29, 0.717) is 18.1 Å². The Kier molecular flexibility index (Phi) is 5.03. The van der Waals surface area contributed by atoms with Gasteiger partial charge in [-0.2, -0.15) is 5.10 Å². The molecule has 0 atom stereocenters. The van der Waals surface area contributed by atoms with Gasteiger partial charge in [0.1, 0.15) is 5.54 Å². The molecule has 0 bridgehead atoms. The van der Waals surface area contributed by atoms with Crippen molar-refractivity contribution in [3.63, 3.8) is 0 Å². The Bertz CT molecular complexity index is 504. The van der Waals surface area contributed by atoms with Crippen LogP contribution in [-0.2, 0) is 11.3 Å². The van der Waals surface area contributed by atoms with Gasteiger partial charge in [0, 0.05) is 12.7 Å². The fraction of sp³-hybridized carbons (Fsp3) is 0.750. The van der Waals surface area contributed by atoms with Gasteiger partial charge in [-0.05, 0) is 38.8 Å². The minimum atomic E-state index is -0.253. The molecular formula is C16H25ClN4O. The fourth-order valence-corrected chi connectivity index (χ4v) is 4.03. The van der Waals surface area contributed by atoms with Crippen molar-refractivity contribution in [2.75, 3.05) is 19.6 Å². The molecule has 1 amide bonds. The average Bonchev–Trinajstić information content (AvgIpc) is 3.20. The first-order chi connectivity index (χ1) is 10.7. The molecule has 0 unspecified atom stereocenters. The third-order valence-corrected chi connectivity index (χ3v) is 5.24. The van der Waals surface area contributed by atoms with Gasteiger partial charge in [-0.15, -0.1) is 0 Å². The molecule has 1 saturated heterocycles. The molecule has 1 aliphatic heterocycles. The van der Waals surface area contributed by atoms with Crippen molar-refractivity contribution in [2.45, 2.75) is 57.0 Å². The third kappa shape index (κ3) is 3.30. The second kappa shape index (κ2) is 7.01. The molecule has 0 radical (unpaired) electrons. The molecule has 1 aromatic rings. The highest BCUT2D eigenvalue weighted by Gasteiger charge is 2.45. The summed E-state index contributed by atoms with van der Waals surface area (Å²) in [6.45, 7) is 3.41. The Morgan fingerprint density at radius 2 is 1.95 bits per heavy atom. The van der Waals surface area contributed by atoms with Crippen molar-refractivity contribution >= 4 is 17.5 Å². The maximum absolute atomic E-state index is 12.9. The topological polar surface area (TPSA) is 50.2 Å². The van der Waals surface area contributed by atoms with E-state index in [-0.39, 0.29) is 11.4 Å². The van der Waals surface area contributed by atoms with Crippen LogP contribution < -0.4 is 5.32 Å². The van der Waals surface area contributed by atoms with Gasteiger partial charge < -0.3 is 5.32 Å². The smallest absolute Gasteiger partial charge is 0.240 e. The SMILES string of the molecule is O=C(NCCn1cc(Cl)cn1)C1(N2CCCC2)CCCCC1. The normalized spacial score (nSPS) is 21.9. The zero-order chi connectivity index (χ0) is 15.4. The summed E-state index contributed by atoms with van der Waals surface area (Å²) in [6.07, 6.45) is 11.5. The lowest BCUT2D eigenvalue weighted by Crippen LogP contribution is -2.59. The number of nitrogens with one attached hydrogen (secondary N) is 1. The number of hydrogen-bond donors (Lipinski definition) is 1. The van der Waals surface area contributed by atoms with Crippen LogP contribution in [0.1, 0.15) is 44.9 Å². The van der Waals surface area contributed by atoms with Crippen molar-refractivity contribution in [2.24, 2.45) is 0 Å². The monoisotopic (exact) mass is 324 g/mol. The maximum atomic E-state index is 12.9. The van der Waals surface area contributed by atoms with Gasteiger partial charge in [0.05, 0.1) is 17.8 Å². The van der Waals surface area contributed by atoms with Crippen LogP contribution in [0.2, 0.25) is 5.02 Å². The highest BCUT2D eigenvalue weighted by molar-refractivity contribution is 6.30. The number of rotatable bonds is 5. The molecule has 0 spiro atoms. The molecule has 1 aliphatic carbocycles. The zero-order valence-corrected chi connectivity index (χ0v) is 13.8. The Labute approximate surface area is 137 Å². The van der Waals surface area contributed by atoms with Gasteiger partial charge in [-0.3, -0.25) is 14.4 Å². The molecule has 122 valence electrons. The molecule has 0 aromatic carbocycles. The van der Waals surface area contributed by atoms with E-state index in [1.165, 1.54) is 32.1 Å². The first kappa shape index (κ1) is 15.8. The molecule has 1 saturated carbocycles. The van der Waals surface area contributed by atoms with Gasteiger partial charge in [0.2, 0.25) is 5.91 Å². The summed E-state index contributed by atoms with van der Waals surface area (Å²) in [6, 6.07) is 0. The van der Waals surface area contributed by atoms with Gasteiger partial charge in [0.25, 0.3) is 0 Å². The molecule has 5 nitrogen and oxygen atoms in total. The zero-order valence-electron chi connectivity index (χ0n) is 13.1. The van der Waals surface area contributed by atoms with Crippen molar-refractivity contribution in [1.29, 1.82) is 0 Å². The largest absolute Gasteiger partial charge is 0.353 e. The highest BCUT2D eigenvalue weighted by atomic mass is 35.5. The van der Waals surface area contributed by atoms with Crippen LogP contribution in [0.3, 0.4) is 0 Å². The van der Waals surface area contributed by atoms with Crippen LogP contribution in [0.15, 0.2) is 12.4 Å². The van der Waals surface area contributed by atoms with Crippen LogP contribution in [0, 0.1) is 0 Å². The number of carbonyl (C=O) groups excluding carboxylic acids is 1. The summed E-state index contributed by atoms with van der Waals surface area (Å²) in [7, 11) is 0. The predicted molar refractivity (Wildman–Crippen MR) is 86.9 cm³/mol. The number of halogens is 1. The van der Waals surface area contributed by atoms with Crippen molar-refractivity contribution in [3.05, 3.63) is 17.4 Å². The van der Waals surface area contributed by atoms with Crippen LogP contribution >= 0.6 is 11.6 Å². The van der Waals surface area contributed by atoms with E-state index in [4.69, 9.17) is 11.6 Å². The molecule has 1 aromatic heterocycles. The summed E-state index contributed by atoms with van der Waals surface area (Å²) < 4.78 is 1.77. The van der Waals surface area contributed by atoms with E-state index < -0.39 is 0 Å². The van der Waals surface area contributed by atoms with Crippen molar-refractivity contribution in [3.8, 4) is 0 Å². The third-order valence-electron chi connectivity index (χ3n) is 5.04. The molecule has 6 heteroatoms. The summed E-state index contributed by atoms with van der Waals surface area (Å²) in [4.78, 5) is 15.3. The molecule has 2 fully saturated rings. The maximum Gasteiger partial charge on any atom is 0.240 e. The minimum Gasteiger partial charge on any atom is -0.353 e. The molecule has 1 N–H and O–H groups in total. The minimum absolute atomic E-state index is 0.215. The number of hydrogen-bond acceptors (Lipinski definition) is 3. The van der Waals surface area contributed by atoms with Crippen LogP contribution in [0.5, 0.6) is 0 Å². The summed E-state index contributed by atoms with van der Waals surface area (Å²) in [5, 5.41) is 7.92. The highest BCUT2D eigenvalue weighted by Crippen LogP contribution is 2.36. The lowest BCUT2D eigenvalue weighted by atomic mass is 9.79. The van der Waals surface area contributed by atoms with E-state index in [1.807, 2.05) is 0 Å². The second-order valence-corrected chi connectivity index (χ2v) is 6.90. The lowest BCUT2D eigenvalue weighted by Gasteiger charge is -2.43. The quantitative estimate of drug-likeness (QED) is 0.905. The Morgan fingerprint density at radius 1 is 1.23 bits per heavy atom. The number of carbonyl (C=O) groups is 1. The Hall–Kier alpha value is -1.07. The van der Waals surface area contributed by atoms with Gasteiger partial charge >= 0.3 is 0 Å². The predicted octanol–water partition coefficient (Wildman–Crippen LogP) is 2.45. The Morgan fingerprint density at radius 3 is 2.59 bits per heavy atom. The van der Waals surface area contributed by atoms with E-state index in [9.17, 15) is 4.79 Å². The van der Waals surface area contributed by atoms with Gasteiger partial charge in [-0.1, -0.05) is 30.9 Å². The molecular weight excluding hydrogens is 300 g/mol. The van der Waals surface area contributed by atoms with Crippen LogP contribution in [0.25, 0.3) is 0 Å². The first-order valence-corrected chi connectivity index (χ1v) is 8.80. The molecule has 22 heavy (non-hydrogen) atoms. The summed E-state index contributed by atoms with van der Waals surface area (Å²) >= 11 is 5.85. The fourth-order valence-electron chi connectivity index (χ4n) is 3.88. The average molecular weight is 325 g/mol. The van der Waals surface area contributed by atoms with Crippen LogP contribution in [0.4, 0.5) is 0 Å². The van der Waals surface area contributed by atoms with E-state index in [0.717, 1.165) is 25.9 Å². The number of nitrogens with zero attached hydrogens (tertiary/aromatic N) is 3. The number of likely N-dealkylation sites (tertiary alicyclic amines) is 1. The Balaban J connectivity index is 1.59. The second-order valence-electron chi connectivity index (χ2n) is 6.46. The molecule has 2 aliphatic rings. The van der Waals surface area contributed by atoms with Gasteiger partial charge in [0.15, 0.2) is 0 Å². The number of amides is 1. The molecule has 2 heterocycles. The van der Waals surface area contributed by atoms with E-state index in [2.05, 4.69) is 15.3 Å². The van der Waals surface area contributed by atoms with Gasteiger partial charge in [-0.25, -0.2) is 0 Å². The summed E-state index contributed by atoms with van der Waals surface area (Å²) in [5.74, 6) is 0.215. The van der Waals surface area contributed by atoms with Crippen LogP contribution in [-0.4, -0.2) is 45.8 Å². The number of aromatic nitrogens is 2. The summed E-state index contributed by atoms with van der Waals surface area (Å²) in [5.41, 5.74) is -0.253. The molecule has 3 rings (SSSR count). The lowest BCUT2D eigenvalue weighted by molar-refractivity contribution is -0.135. The van der Waals surface area contributed by atoms with E-state index in [1.54, 1.807) is 17.1 Å². The van der Waals surface area contributed by atoms with Crippen molar-refractivity contribution in [1.82, 2.24) is 20.0 Å².